The van der Waals surface area contributed by atoms with Gasteiger partial charge in [-0.3, -0.25) is 4.79 Å². The molecule has 1 amide bonds. The van der Waals surface area contributed by atoms with Gasteiger partial charge in [0.05, 0.1) is 6.04 Å². The van der Waals surface area contributed by atoms with Crippen LogP contribution in [0.4, 0.5) is 0 Å². The summed E-state index contributed by atoms with van der Waals surface area (Å²) in [6, 6.07) is 4.46. The van der Waals surface area contributed by atoms with Crippen molar-refractivity contribution in [2.45, 2.75) is 65.5 Å². The number of aryl methyl sites for hydroxylation is 3. The molecule has 0 aromatic heterocycles. The van der Waals surface area contributed by atoms with Gasteiger partial charge in [-0.1, -0.05) is 24.6 Å². The molecule has 21 heavy (non-hydrogen) atoms. The Hall–Kier alpha value is -1.35. The number of hydrogen-bond acceptors (Lipinski definition) is 2. The summed E-state index contributed by atoms with van der Waals surface area (Å²) < 4.78 is 0. The van der Waals surface area contributed by atoms with Crippen LogP contribution in [0.25, 0.3) is 0 Å². The molecule has 2 N–H and O–H groups in total. The molecule has 1 aromatic rings. The zero-order valence-electron chi connectivity index (χ0n) is 13.8. The van der Waals surface area contributed by atoms with Gasteiger partial charge in [-0.2, -0.15) is 0 Å². The third-order valence-corrected chi connectivity index (χ3v) is 4.49. The lowest BCUT2D eigenvalue weighted by molar-refractivity contribution is -0.133. The highest BCUT2D eigenvalue weighted by atomic mass is 16.2. The van der Waals surface area contributed by atoms with Crippen LogP contribution in [-0.2, 0) is 4.79 Å². The predicted octanol–water partition coefficient (Wildman–Crippen LogP) is 3.40. The topological polar surface area (TPSA) is 46.3 Å². The van der Waals surface area contributed by atoms with E-state index in [9.17, 15) is 4.79 Å². The molecule has 0 bridgehead atoms. The zero-order chi connectivity index (χ0) is 15.6. The van der Waals surface area contributed by atoms with Gasteiger partial charge in [0.25, 0.3) is 0 Å². The number of nitrogens with two attached hydrogens (primary N) is 1. The van der Waals surface area contributed by atoms with Crippen LogP contribution in [0, 0.1) is 20.8 Å². The minimum atomic E-state index is 0.0283. The zero-order valence-corrected chi connectivity index (χ0v) is 13.8. The molecule has 0 aliphatic carbocycles. The van der Waals surface area contributed by atoms with Gasteiger partial charge in [0, 0.05) is 19.0 Å². The molecule has 2 rings (SSSR count). The first kappa shape index (κ1) is 16.0. The van der Waals surface area contributed by atoms with Gasteiger partial charge in [-0.25, -0.2) is 0 Å². The van der Waals surface area contributed by atoms with Gasteiger partial charge in [0.1, 0.15) is 0 Å². The SMILES string of the molecule is CCCN1C(=O)CCCC(N)C1c1c(C)cc(C)cc1C. The van der Waals surface area contributed by atoms with Crippen molar-refractivity contribution >= 4 is 5.91 Å². The Morgan fingerprint density at radius 2 is 1.86 bits per heavy atom. The fraction of sp³-hybridized carbons (Fsp3) is 0.611. The number of carbonyl (C=O) groups excluding carboxylic acids is 1. The van der Waals surface area contributed by atoms with E-state index in [-0.39, 0.29) is 18.0 Å². The van der Waals surface area contributed by atoms with Gasteiger partial charge in [0.15, 0.2) is 0 Å². The third kappa shape index (κ3) is 3.29. The number of rotatable bonds is 3. The van der Waals surface area contributed by atoms with Crippen LogP contribution in [-0.4, -0.2) is 23.4 Å². The maximum atomic E-state index is 12.5. The lowest BCUT2D eigenvalue weighted by atomic mass is 9.88. The Morgan fingerprint density at radius 3 is 2.43 bits per heavy atom. The highest BCUT2D eigenvalue weighted by molar-refractivity contribution is 5.77. The van der Waals surface area contributed by atoms with Crippen molar-refractivity contribution in [3.8, 4) is 0 Å². The normalized spacial score (nSPS) is 23.3. The molecule has 2 atom stereocenters. The summed E-state index contributed by atoms with van der Waals surface area (Å²) in [6.45, 7) is 9.31. The van der Waals surface area contributed by atoms with E-state index in [0.29, 0.717) is 6.42 Å². The summed E-state index contributed by atoms with van der Waals surface area (Å²) in [5.41, 5.74) is 11.5. The molecule has 0 spiro atoms. The molecule has 3 nitrogen and oxygen atoms in total. The van der Waals surface area contributed by atoms with Crippen LogP contribution in [0.2, 0.25) is 0 Å². The van der Waals surface area contributed by atoms with Crippen molar-refractivity contribution in [1.82, 2.24) is 4.90 Å². The molecule has 1 fully saturated rings. The van der Waals surface area contributed by atoms with E-state index in [1.54, 1.807) is 0 Å². The van der Waals surface area contributed by atoms with Crippen LogP contribution >= 0.6 is 0 Å². The Bertz CT molecular complexity index is 501. The van der Waals surface area contributed by atoms with Gasteiger partial charge in [0.2, 0.25) is 5.91 Å². The quantitative estimate of drug-likeness (QED) is 0.926. The first-order valence-corrected chi connectivity index (χ1v) is 8.08. The van der Waals surface area contributed by atoms with Crippen LogP contribution in [0.1, 0.15) is 60.9 Å². The first-order valence-electron chi connectivity index (χ1n) is 8.08. The van der Waals surface area contributed by atoms with E-state index in [1.807, 2.05) is 4.90 Å². The summed E-state index contributed by atoms with van der Waals surface area (Å²) in [5.74, 6) is 0.258. The first-order chi connectivity index (χ1) is 9.95. The third-order valence-electron chi connectivity index (χ3n) is 4.49. The summed E-state index contributed by atoms with van der Waals surface area (Å²) in [5, 5.41) is 0. The second-order valence-electron chi connectivity index (χ2n) is 6.40. The molecule has 1 aliphatic heterocycles. The van der Waals surface area contributed by atoms with E-state index in [0.717, 1.165) is 25.8 Å². The second kappa shape index (κ2) is 6.61. The lowest BCUT2D eigenvalue weighted by Gasteiger charge is -2.36. The molecule has 1 saturated heterocycles. The number of likely N-dealkylation sites (tertiary alicyclic amines) is 1. The number of hydrogen-bond donors (Lipinski definition) is 1. The maximum absolute atomic E-state index is 12.5. The van der Waals surface area contributed by atoms with E-state index < -0.39 is 0 Å². The van der Waals surface area contributed by atoms with Gasteiger partial charge >= 0.3 is 0 Å². The van der Waals surface area contributed by atoms with Gasteiger partial charge in [-0.15, -0.1) is 0 Å². The van der Waals surface area contributed by atoms with Crippen molar-refractivity contribution in [3.63, 3.8) is 0 Å². The summed E-state index contributed by atoms with van der Waals surface area (Å²) >= 11 is 0. The van der Waals surface area contributed by atoms with Crippen LogP contribution < -0.4 is 5.73 Å². The number of benzene rings is 1. The molecule has 0 saturated carbocycles. The molecule has 116 valence electrons. The minimum Gasteiger partial charge on any atom is -0.334 e. The molecular weight excluding hydrogens is 260 g/mol. The smallest absolute Gasteiger partial charge is 0.223 e. The number of amides is 1. The average Bonchev–Trinajstić information content (AvgIpc) is 2.51. The molecule has 1 aliphatic rings. The standard InChI is InChI=1S/C18H28N2O/c1-5-9-20-16(21)8-6-7-15(19)18(20)17-13(3)10-12(2)11-14(17)4/h10-11,15,18H,5-9,19H2,1-4H3. The van der Waals surface area contributed by atoms with Crippen molar-refractivity contribution in [1.29, 1.82) is 0 Å². The fourth-order valence-corrected chi connectivity index (χ4v) is 3.71. The molecule has 2 unspecified atom stereocenters. The largest absolute Gasteiger partial charge is 0.334 e. The molecule has 1 heterocycles. The summed E-state index contributed by atoms with van der Waals surface area (Å²) in [4.78, 5) is 14.5. The van der Waals surface area contributed by atoms with Crippen LogP contribution in [0.15, 0.2) is 12.1 Å². The molecule has 1 aromatic carbocycles. The van der Waals surface area contributed by atoms with Crippen molar-refractivity contribution in [2.24, 2.45) is 5.73 Å². The Labute approximate surface area is 128 Å². The Kier molecular flexibility index (Phi) is 5.04. The lowest BCUT2D eigenvalue weighted by Crippen LogP contribution is -2.43. The number of carbonyl (C=O) groups is 1. The van der Waals surface area contributed by atoms with Crippen LogP contribution in [0.5, 0.6) is 0 Å². The van der Waals surface area contributed by atoms with E-state index in [4.69, 9.17) is 5.73 Å². The Morgan fingerprint density at radius 1 is 1.24 bits per heavy atom. The number of nitrogens with zero attached hydrogens (tertiary/aromatic N) is 1. The van der Waals surface area contributed by atoms with E-state index in [2.05, 4.69) is 39.8 Å². The van der Waals surface area contributed by atoms with Crippen molar-refractivity contribution in [2.75, 3.05) is 6.54 Å². The average molecular weight is 288 g/mol. The minimum absolute atomic E-state index is 0.0283. The van der Waals surface area contributed by atoms with Gasteiger partial charge < -0.3 is 10.6 Å². The molecule has 3 heteroatoms. The Balaban J connectivity index is 2.52. The summed E-state index contributed by atoms with van der Waals surface area (Å²) in [6.07, 6.45) is 3.43. The monoisotopic (exact) mass is 288 g/mol. The highest BCUT2D eigenvalue weighted by Gasteiger charge is 2.33. The second-order valence-corrected chi connectivity index (χ2v) is 6.40. The highest BCUT2D eigenvalue weighted by Crippen LogP contribution is 2.34. The van der Waals surface area contributed by atoms with Crippen molar-refractivity contribution in [3.05, 3.63) is 34.4 Å². The van der Waals surface area contributed by atoms with E-state index >= 15 is 0 Å². The van der Waals surface area contributed by atoms with Crippen molar-refractivity contribution < 1.29 is 4.79 Å². The fourth-order valence-electron chi connectivity index (χ4n) is 3.71. The maximum Gasteiger partial charge on any atom is 0.223 e. The summed E-state index contributed by atoms with van der Waals surface area (Å²) in [7, 11) is 0. The molecule has 0 radical (unpaired) electrons. The predicted molar refractivity (Wildman–Crippen MR) is 87.2 cm³/mol. The van der Waals surface area contributed by atoms with Gasteiger partial charge in [-0.05, 0) is 56.7 Å². The molecular formula is C18H28N2O. The van der Waals surface area contributed by atoms with Crippen LogP contribution in [0.3, 0.4) is 0 Å². The van der Waals surface area contributed by atoms with E-state index in [1.165, 1.54) is 22.3 Å².